The van der Waals surface area contributed by atoms with Gasteiger partial charge >= 0.3 is 6.18 Å². The maximum absolute atomic E-state index is 12.8. The monoisotopic (exact) mass is 421 g/mol. The fourth-order valence-electron chi connectivity index (χ4n) is 2.69. The highest BCUT2D eigenvalue weighted by Crippen LogP contribution is 2.31. The molecule has 1 aromatic rings. The predicted octanol–water partition coefficient (Wildman–Crippen LogP) is 2.37. The number of hydrogen-bond acceptors (Lipinski definition) is 5. The van der Waals surface area contributed by atoms with Gasteiger partial charge in [0.2, 0.25) is 16.1 Å². The maximum Gasteiger partial charge on any atom is 0.416 e. The van der Waals surface area contributed by atoms with E-state index in [0.29, 0.717) is 11.8 Å². The van der Waals surface area contributed by atoms with Crippen molar-refractivity contribution >= 4 is 21.6 Å². The van der Waals surface area contributed by atoms with Crippen LogP contribution in [0.1, 0.15) is 32.3 Å². The highest BCUT2D eigenvalue weighted by molar-refractivity contribution is 7.89. The Balaban J connectivity index is 2.08. The van der Waals surface area contributed by atoms with Gasteiger partial charge < -0.3 is 10.6 Å². The largest absolute Gasteiger partial charge is 0.416 e. The van der Waals surface area contributed by atoms with E-state index in [1.807, 2.05) is 0 Å². The molecule has 0 radical (unpaired) electrons. The number of halogens is 3. The van der Waals surface area contributed by atoms with Gasteiger partial charge in [0.05, 0.1) is 16.2 Å². The van der Waals surface area contributed by atoms with E-state index in [-0.39, 0.29) is 31.8 Å². The summed E-state index contributed by atoms with van der Waals surface area (Å²) in [6.45, 7) is 3.59. The van der Waals surface area contributed by atoms with Crippen molar-refractivity contribution in [2.45, 2.75) is 43.9 Å². The summed E-state index contributed by atoms with van der Waals surface area (Å²) >= 11 is 0. The number of oxime groups is 1. The van der Waals surface area contributed by atoms with Gasteiger partial charge in [0.25, 0.3) is 5.91 Å². The summed E-state index contributed by atoms with van der Waals surface area (Å²) in [5.41, 5.74) is 4.78. The Kier molecular flexibility index (Phi) is 6.71. The first-order valence-electron chi connectivity index (χ1n) is 8.61. The van der Waals surface area contributed by atoms with Crippen molar-refractivity contribution < 1.29 is 31.2 Å². The van der Waals surface area contributed by atoms with Crippen LogP contribution in [0.4, 0.5) is 13.2 Å². The summed E-state index contributed by atoms with van der Waals surface area (Å²) in [5.74, 6) is -0.827. The van der Waals surface area contributed by atoms with Gasteiger partial charge in [0.1, 0.15) is 0 Å². The maximum atomic E-state index is 12.8. The lowest BCUT2D eigenvalue weighted by Crippen LogP contribution is -2.39. The van der Waals surface area contributed by atoms with E-state index >= 15 is 0 Å². The van der Waals surface area contributed by atoms with Crippen molar-refractivity contribution in [3.8, 4) is 0 Å². The van der Waals surface area contributed by atoms with Crippen molar-refractivity contribution in [3.63, 3.8) is 0 Å². The molecule has 0 spiro atoms. The fraction of sp³-hybridized carbons (Fsp3) is 0.529. The van der Waals surface area contributed by atoms with Gasteiger partial charge in [-0.25, -0.2) is 8.42 Å². The van der Waals surface area contributed by atoms with Gasteiger partial charge in [-0.15, -0.1) is 0 Å². The molecule has 1 heterocycles. The Morgan fingerprint density at radius 2 is 1.86 bits per heavy atom. The van der Waals surface area contributed by atoms with E-state index in [9.17, 15) is 26.4 Å². The number of alkyl halides is 3. The standard InChI is InChI=1S/C17H22F3N3O4S/c1-11(2)15(16(21)24)27-22-13-6-8-23(9-7-13)28(25,26)14-5-3-4-12(10-14)17(18,19)20/h3-5,10-11,15H,6-9H2,1-2H3,(H2,21,24). The van der Waals surface area contributed by atoms with Gasteiger partial charge in [-0.1, -0.05) is 25.1 Å². The fourth-order valence-corrected chi connectivity index (χ4v) is 4.18. The van der Waals surface area contributed by atoms with Gasteiger partial charge in [0, 0.05) is 31.8 Å². The predicted molar refractivity (Wildman–Crippen MR) is 95.8 cm³/mol. The first kappa shape index (κ1) is 22.2. The zero-order valence-corrected chi connectivity index (χ0v) is 16.3. The van der Waals surface area contributed by atoms with Gasteiger partial charge in [0.15, 0.2) is 0 Å². The number of benzene rings is 1. The van der Waals surface area contributed by atoms with Crippen LogP contribution in [0.25, 0.3) is 0 Å². The van der Waals surface area contributed by atoms with Crippen LogP contribution < -0.4 is 5.73 Å². The SMILES string of the molecule is CC(C)C(ON=C1CCN(S(=O)(=O)c2cccc(C(F)(F)F)c2)CC1)C(N)=O. The van der Waals surface area contributed by atoms with Crippen LogP contribution in [-0.2, 0) is 25.8 Å². The van der Waals surface area contributed by atoms with Crippen LogP contribution in [0.15, 0.2) is 34.3 Å². The third-order valence-corrected chi connectivity index (χ3v) is 6.17. The molecule has 2 rings (SSSR count). The minimum atomic E-state index is -4.63. The van der Waals surface area contributed by atoms with Gasteiger partial charge in [-0.2, -0.15) is 17.5 Å². The molecule has 7 nitrogen and oxygen atoms in total. The number of amides is 1. The third kappa shape index (κ3) is 5.22. The Hall–Kier alpha value is -2.14. The molecule has 0 aliphatic carbocycles. The molecule has 2 N–H and O–H groups in total. The Bertz CT molecular complexity index is 843. The quantitative estimate of drug-likeness (QED) is 0.713. The topological polar surface area (TPSA) is 102 Å². The molecule has 156 valence electrons. The summed E-state index contributed by atoms with van der Waals surface area (Å²) in [6.07, 6.45) is -5.04. The lowest BCUT2D eigenvalue weighted by atomic mass is 10.1. The molecule has 1 aliphatic heterocycles. The van der Waals surface area contributed by atoms with Gasteiger partial charge in [-0.05, 0) is 18.2 Å². The first-order valence-corrected chi connectivity index (χ1v) is 10.0. The second-order valence-electron chi connectivity index (χ2n) is 6.76. The molecular formula is C17H22F3N3O4S. The van der Waals surface area contributed by atoms with E-state index in [0.717, 1.165) is 22.5 Å². The molecule has 11 heteroatoms. The normalized spacial score (nSPS) is 17.4. The second kappa shape index (κ2) is 8.48. The number of nitrogens with zero attached hydrogens (tertiary/aromatic N) is 2. The number of rotatable bonds is 6. The van der Waals surface area contributed by atoms with Crippen LogP contribution in [0.2, 0.25) is 0 Å². The van der Waals surface area contributed by atoms with Crippen molar-refractivity contribution in [1.82, 2.24) is 4.31 Å². The number of piperidine rings is 1. The smallest absolute Gasteiger partial charge is 0.382 e. The average Bonchev–Trinajstić information content (AvgIpc) is 2.61. The van der Waals surface area contributed by atoms with Gasteiger partial charge in [-0.3, -0.25) is 4.79 Å². The van der Waals surface area contributed by atoms with E-state index in [4.69, 9.17) is 10.6 Å². The Morgan fingerprint density at radius 3 is 2.36 bits per heavy atom. The molecule has 1 saturated heterocycles. The number of nitrogens with two attached hydrogens (primary N) is 1. The lowest BCUT2D eigenvalue weighted by molar-refractivity contribution is -0.137. The minimum Gasteiger partial charge on any atom is -0.382 e. The summed E-state index contributed by atoms with van der Waals surface area (Å²) < 4.78 is 64.9. The molecule has 1 atom stereocenters. The summed E-state index contributed by atoms with van der Waals surface area (Å²) in [7, 11) is -4.06. The lowest BCUT2D eigenvalue weighted by Gasteiger charge is -2.27. The van der Waals surface area contributed by atoms with Crippen LogP contribution in [-0.4, -0.2) is 43.5 Å². The molecular weight excluding hydrogens is 399 g/mol. The van der Waals surface area contributed by atoms with E-state index in [1.54, 1.807) is 13.8 Å². The van der Waals surface area contributed by atoms with Crippen LogP contribution >= 0.6 is 0 Å². The molecule has 0 aromatic heterocycles. The minimum absolute atomic E-state index is 0.0453. The van der Waals surface area contributed by atoms with Crippen molar-refractivity contribution in [2.24, 2.45) is 16.8 Å². The van der Waals surface area contributed by atoms with Crippen molar-refractivity contribution in [2.75, 3.05) is 13.1 Å². The summed E-state index contributed by atoms with van der Waals surface area (Å²) in [4.78, 5) is 16.1. The second-order valence-corrected chi connectivity index (χ2v) is 8.70. The number of carbonyl (C=O) groups excluding carboxylic acids is 1. The number of primary amides is 1. The molecule has 1 unspecified atom stereocenters. The molecule has 1 amide bonds. The highest BCUT2D eigenvalue weighted by atomic mass is 32.2. The summed E-state index contributed by atoms with van der Waals surface area (Å²) in [5, 5.41) is 3.91. The first-order chi connectivity index (χ1) is 12.9. The van der Waals surface area contributed by atoms with Crippen molar-refractivity contribution in [3.05, 3.63) is 29.8 Å². The Morgan fingerprint density at radius 1 is 1.25 bits per heavy atom. The zero-order chi connectivity index (χ0) is 21.1. The zero-order valence-electron chi connectivity index (χ0n) is 15.4. The van der Waals surface area contributed by atoms with E-state index in [2.05, 4.69) is 5.16 Å². The number of carbonyl (C=O) groups is 1. The number of hydrogen-bond donors (Lipinski definition) is 1. The van der Waals surface area contributed by atoms with E-state index < -0.39 is 38.7 Å². The van der Waals surface area contributed by atoms with Crippen molar-refractivity contribution in [1.29, 1.82) is 0 Å². The molecule has 0 saturated carbocycles. The number of sulfonamides is 1. The highest BCUT2D eigenvalue weighted by Gasteiger charge is 2.34. The average molecular weight is 421 g/mol. The molecule has 28 heavy (non-hydrogen) atoms. The molecule has 0 bridgehead atoms. The van der Waals surface area contributed by atoms with Crippen LogP contribution in [0.3, 0.4) is 0 Å². The molecule has 1 aromatic carbocycles. The summed E-state index contributed by atoms with van der Waals surface area (Å²) in [6, 6.07) is 3.65. The van der Waals surface area contributed by atoms with Crippen LogP contribution in [0, 0.1) is 5.92 Å². The third-order valence-electron chi connectivity index (χ3n) is 4.28. The van der Waals surface area contributed by atoms with E-state index in [1.165, 1.54) is 0 Å². The van der Waals surface area contributed by atoms with Crippen LogP contribution in [0.5, 0.6) is 0 Å². The molecule has 1 fully saturated rings. The molecule has 1 aliphatic rings. The Labute approximate surface area is 161 Å².